The first-order valence-electron chi connectivity index (χ1n) is 4.67. The van der Waals surface area contributed by atoms with Crippen molar-refractivity contribution in [2.24, 2.45) is 0 Å². The highest BCUT2D eigenvalue weighted by Gasteiger charge is 2.08. The van der Waals surface area contributed by atoms with E-state index in [0.29, 0.717) is 5.69 Å². The lowest BCUT2D eigenvalue weighted by atomic mass is 10.3. The summed E-state index contributed by atoms with van der Waals surface area (Å²) in [5, 5.41) is 13.3. The van der Waals surface area contributed by atoms with E-state index < -0.39 is 17.1 Å². The fourth-order valence-electron chi connectivity index (χ4n) is 1.22. The molecule has 6 nitrogen and oxygen atoms in total. The monoisotopic (exact) mass is 224 g/mol. The van der Waals surface area contributed by atoms with Crippen molar-refractivity contribution in [3.8, 4) is 0 Å². The third-order valence-corrected chi connectivity index (χ3v) is 1.77. The van der Waals surface area contributed by atoms with Gasteiger partial charge in [-0.05, 0) is 13.0 Å². The first-order chi connectivity index (χ1) is 7.49. The Morgan fingerprint density at radius 3 is 2.81 bits per heavy atom. The highest BCUT2D eigenvalue weighted by molar-refractivity contribution is 5.66. The summed E-state index contributed by atoms with van der Waals surface area (Å²) >= 11 is 0. The molecular formula is C10H12N2O4. The van der Waals surface area contributed by atoms with Gasteiger partial charge in [0, 0.05) is 24.7 Å². The summed E-state index contributed by atoms with van der Waals surface area (Å²) in [4.78, 5) is 20.7. The number of carbonyl (C=O) groups is 1. The van der Waals surface area contributed by atoms with Crippen LogP contribution in [-0.2, 0) is 9.53 Å². The quantitative estimate of drug-likeness (QED) is 0.365. The van der Waals surface area contributed by atoms with Gasteiger partial charge in [0.2, 0.25) is 0 Å². The number of benzene rings is 1. The van der Waals surface area contributed by atoms with Crippen molar-refractivity contribution < 1.29 is 14.5 Å². The van der Waals surface area contributed by atoms with Crippen molar-refractivity contribution in [3.05, 3.63) is 34.4 Å². The molecule has 0 aliphatic carbocycles. The van der Waals surface area contributed by atoms with Gasteiger partial charge in [-0.2, -0.15) is 0 Å². The molecule has 1 aromatic carbocycles. The molecule has 0 saturated carbocycles. The van der Waals surface area contributed by atoms with Crippen LogP contribution in [0.3, 0.4) is 0 Å². The molecule has 0 saturated heterocycles. The number of non-ortho nitro benzene ring substituents is 1. The Morgan fingerprint density at radius 2 is 2.25 bits per heavy atom. The second-order valence-electron chi connectivity index (χ2n) is 3.20. The van der Waals surface area contributed by atoms with E-state index in [0.717, 1.165) is 0 Å². The second kappa shape index (κ2) is 5.11. The van der Waals surface area contributed by atoms with E-state index in [2.05, 4.69) is 5.32 Å². The number of hydrogen-bond donors (Lipinski definition) is 1. The molecule has 1 unspecified atom stereocenters. The van der Waals surface area contributed by atoms with Gasteiger partial charge in [-0.3, -0.25) is 14.9 Å². The zero-order valence-corrected chi connectivity index (χ0v) is 8.97. The topological polar surface area (TPSA) is 81.5 Å². The molecule has 0 amide bonds. The van der Waals surface area contributed by atoms with Crippen LogP contribution in [0.25, 0.3) is 0 Å². The van der Waals surface area contributed by atoms with Crippen molar-refractivity contribution in [2.45, 2.75) is 20.1 Å². The lowest BCUT2D eigenvalue weighted by Gasteiger charge is -2.14. The zero-order chi connectivity index (χ0) is 12.1. The number of ether oxygens (including phenoxy) is 1. The minimum atomic E-state index is -0.528. The average Bonchev–Trinajstić information content (AvgIpc) is 2.16. The average molecular weight is 224 g/mol. The van der Waals surface area contributed by atoms with Gasteiger partial charge in [-0.1, -0.05) is 6.07 Å². The van der Waals surface area contributed by atoms with E-state index in [1.165, 1.54) is 19.1 Å². The van der Waals surface area contributed by atoms with Crippen LogP contribution in [0.1, 0.15) is 13.8 Å². The Morgan fingerprint density at radius 1 is 1.56 bits per heavy atom. The fraction of sp³-hybridized carbons (Fsp3) is 0.300. The highest BCUT2D eigenvalue weighted by Crippen LogP contribution is 2.17. The molecular weight excluding hydrogens is 212 g/mol. The molecule has 0 fully saturated rings. The van der Waals surface area contributed by atoms with Crippen LogP contribution >= 0.6 is 0 Å². The number of hydrogen-bond acceptors (Lipinski definition) is 5. The molecule has 0 aliphatic rings. The maximum Gasteiger partial charge on any atom is 0.304 e. The molecule has 0 aromatic heterocycles. The number of nitrogens with one attached hydrogen (secondary N) is 1. The summed E-state index contributed by atoms with van der Waals surface area (Å²) in [6, 6.07) is 5.98. The van der Waals surface area contributed by atoms with Crippen molar-refractivity contribution in [3.63, 3.8) is 0 Å². The largest absolute Gasteiger partial charge is 0.442 e. The number of nitro groups is 1. The first kappa shape index (κ1) is 12.0. The molecule has 16 heavy (non-hydrogen) atoms. The summed E-state index contributed by atoms with van der Waals surface area (Å²) in [6.45, 7) is 2.94. The molecule has 0 heterocycles. The molecule has 0 aliphatic heterocycles. The molecule has 0 bridgehead atoms. The van der Waals surface area contributed by atoms with Gasteiger partial charge < -0.3 is 10.1 Å². The van der Waals surface area contributed by atoms with Gasteiger partial charge in [-0.15, -0.1) is 0 Å². The van der Waals surface area contributed by atoms with Crippen LogP contribution < -0.4 is 5.32 Å². The Hall–Kier alpha value is -2.11. The van der Waals surface area contributed by atoms with Gasteiger partial charge >= 0.3 is 5.97 Å². The van der Waals surface area contributed by atoms with Crippen LogP contribution in [0, 0.1) is 10.1 Å². The summed E-state index contributed by atoms with van der Waals surface area (Å²) < 4.78 is 4.83. The van der Waals surface area contributed by atoms with Crippen LogP contribution in [0.5, 0.6) is 0 Å². The van der Waals surface area contributed by atoms with Crippen LogP contribution in [0.4, 0.5) is 11.4 Å². The summed E-state index contributed by atoms with van der Waals surface area (Å²) in [5.41, 5.74) is 0.517. The number of anilines is 1. The number of nitrogens with zero attached hydrogens (tertiary/aromatic N) is 1. The van der Waals surface area contributed by atoms with Crippen molar-refractivity contribution >= 4 is 17.3 Å². The predicted octanol–water partition coefficient (Wildman–Crippen LogP) is 1.92. The fourth-order valence-corrected chi connectivity index (χ4v) is 1.22. The molecule has 1 atom stereocenters. The van der Waals surface area contributed by atoms with Gasteiger partial charge in [-0.25, -0.2) is 0 Å². The van der Waals surface area contributed by atoms with E-state index in [1.54, 1.807) is 19.1 Å². The van der Waals surface area contributed by atoms with Gasteiger partial charge in [0.25, 0.3) is 5.69 Å². The molecule has 0 radical (unpaired) electrons. The second-order valence-corrected chi connectivity index (χ2v) is 3.20. The Bertz CT molecular complexity index is 406. The van der Waals surface area contributed by atoms with E-state index in [9.17, 15) is 14.9 Å². The van der Waals surface area contributed by atoms with E-state index in [-0.39, 0.29) is 5.69 Å². The van der Waals surface area contributed by atoms with Crippen molar-refractivity contribution in [1.29, 1.82) is 0 Å². The smallest absolute Gasteiger partial charge is 0.304 e. The van der Waals surface area contributed by atoms with Gasteiger partial charge in [0.05, 0.1) is 4.92 Å². The maximum atomic E-state index is 10.6. The zero-order valence-electron chi connectivity index (χ0n) is 8.97. The Labute approximate surface area is 92.4 Å². The summed E-state index contributed by atoms with van der Waals surface area (Å²) in [5.74, 6) is -0.412. The summed E-state index contributed by atoms with van der Waals surface area (Å²) in [6.07, 6.45) is -0.528. The maximum absolute atomic E-state index is 10.6. The standard InChI is InChI=1S/C10H12N2O4/c1-7(16-8(2)13)11-9-4-3-5-10(6-9)12(14)15/h3-7,11H,1-2H3. The number of nitro benzene ring substituents is 1. The van der Waals surface area contributed by atoms with E-state index >= 15 is 0 Å². The normalized spacial score (nSPS) is 11.6. The lowest BCUT2D eigenvalue weighted by molar-refractivity contribution is -0.384. The number of rotatable bonds is 4. The SMILES string of the molecule is CC(=O)OC(C)Nc1cccc([N+](=O)[O-])c1. The lowest BCUT2D eigenvalue weighted by Crippen LogP contribution is -2.21. The third-order valence-electron chi connectivity index (χ3n) is 1.77. The minimum absolute atomic E-state index is 0.0139. The van der Waals surface area contributed by atoms with Crippen LogP contribution in [-0.4, -0.2) is 17.1 Å². The van der Waals surface area contributed by atoms with E-state index in [4.69, 9.17) is 4.74 Å². The molecule has 1 rings (SSSR count). The molecule has 0 spiro atoms. The van der Waals surface area contributed by atoms with Crippen molar-refractivity contribution in [1.82, 2.24) is 0 Å². The van der Waals surface area contributed by atoms with Gasteiger partial charge in [0.1, 0.15) is 0 Å². The molecule has 1 N–H and O–H groups in total. The van der Waals surface area contributed by atoms with E-state index in [1.807, 2.05) is 0 Å². The minimum Gasteiger partial charge on any atom is -0.442 e. The predicted molar refractivity (Wildman–Crippen MR) is 57.9 cm³/mol. The first-order valence-corrected chi connectivity index (χ1v) is 4.67. The number of esters is 1. The van der Waals surface area contributed by atoms with Gasteiger partial charge in [0.15, 0.2) is 6.23 Å². The number of carbonyl (C=O) groups excluding carboxylic acids is 1. The van der Waals surface area contributed by atoms with Crippen molar-refractivity contribution in [2.75, 3.05) is 5.32 Å². The molecule has 1 aromatic rings. The van der Waals surface area contributed by atoms with Crippen LogP contribution in [0.2, 0.25) is 0 Å². The Balaban J connectivity index is 2.70. The highest BCUT2D eigenvalue weighted by atomic mass is 16.6. The molecule has 6 heteroatoms. The molecule has 86 valence electrons. The van der Waals surface area contributed by atoms with Crippen LogP contribution in [0.15, 0.2) is 24.3 Å². The summed E-state index contributed by atoms with van der Waals surface area (Å²) in [7, 11) is 0. The Kier molecular flexibility index (Phi) is 3.82. The third kappa shape index (κ3) is 3.56.